The maximum Gasteiger partial charge on any atom is 0.116 e. The highest BCUT2D eigenvalue weighted by Gasteiger charge is 2.25. The van der Waals surface area contributed by atoms with E-state index in [0.717, 1.165) is 21.8 Å². The summed E-state index contributed by atoms with van der Waals surface area (Å²) in [6, 6.07) is 8.50. The van der Waals surface area contributed by atoms with Crippen LogP contribution in [0.1, 0.15) is 29.5 Å². The Labute approximate surface area is 115 Å². The zero-order chi connectivity index (χ0) is 12.8. The van der Waals surface area contributed by atoms with Crippen molar-refractivity contribution in [3.8, 4) is 11.3 Å². The predicted octanol–water partition coefficient (Wildman–Crippen LogP) is 3.94. The van der Waals surface area contributed by atoms with Gasteiger partial charge in [-0.2, -0.15) is 0 Å². The lowest BCUT2D eigenvalue weighted by atomic mass is 10.1. The molecule has 2 heterocycles. The first-order chi connectivity index (χ1) is 9.29. The normalized spacial score (nSPS) is 15.0. The number of aryl methyl sites for hydroxylation is 1. The zero-order valence-corrected chi connectivity index (χ0v) is 11.4. The van der Waals surface area contributed by atoms with Crippen molar-refractivity contribution < 1.29 is 0 Å². The lowest BCUT2D eigenvalue weighted by Gasteiger charge is -2.02. The highest BCUT2D eigenvalue weighted by molar-refractivity contribution is 7.18. The maximum atomic E-state index is 4.54. The number of aromatic nitrogens is 3. The second kappa shape index (κ2) is 4.10. The van der Waals surface area contributed by atoms with E-state index in [2.05, 4.69) is 39.2 Å². The largest absolute Gasteiger partial charge is 0.241 e. The monoisotopic (exact) mass is 267 g/mol. The first-order valence-corrected chi connectivity index (χ1v) is 7.31. The van der Waals surface area contributed by atoms with Crippen LogP contribution in [0.15, 0.2) is 30.6 Å². The van der Waals surface area contributed by atoms with E-state index < -0.39 is 0 Å². The Balaban J connectivity index is 1.81. The van der Waals surface area contributed by atoms with Gasteiger partial charge < -0.3 is 0 Å². The summed E-state index contributed by atoms with van der Waals surface area (Å²) in [5, 5.41) is 1.11. The summed E-state index contributed by atoms with van der Waals surface area (Å²) in [4.78, 5) is 13.3. The van der Waals surface area contributed by atoms with Gasteiger partial charge in [-0.1, -0.05) is 6.07 Å². The van der Waals surface area contributed by atoms with E-state index in [1.54, 1.807) is 17.7 Å². The van der Waals surface area contributed by atoms with E-state index in [1.165, 1.54) is 23.2 Å². The SMILES string of the molecule is Cc1nc2cc(-c3cc(C4CC4)ncn3)ccc2s1. The van der Waals surface area contributed by atoms with Crippen LogP contribution in [0.4, 0.5) is 0 Å². The van der Waals surface area contributed by atoms with E-state index in [0.29, 0.717) is 5.92 Å². The molecule has 2 aromatic heterocycles. The minimum atomic E-state index is 0.659. The summed E-state index contributed by atoms with van der Waals surface area (Å²) < 4.78 is 1.23. The molecule has 0 N–H and O–H groups in total. The van der Waals surface area contributed by atoms with Crippen molar-refractivity contribution in [3.63, 3.8) is 0 Å². The van der Waals surface area contributed by atoms with Crippen LogP contribution in [0.5, 0.6) is 0 Å². The Hall–Kier alpha value is -1.81. The lowest BCUT2D eigenvalue weighted by molar-refractivity contribution is 0.990. The topological polar surface area (TPSA) is 38.7 Å². The number of fused-ring (bicyclic) bond motifs is 1. The fraction of sp³-hybridized carbons (Fsp3) is 0.267. The Morgan fingerprint density at radius 3 is 2.89 bits per heavy atom. The molecule has 0 aliphatic heterocycles. The summed E-state index contributed by atoms with van der Waals surface area (Å²) in [6.45, 7) is 2.04. The third kappa shape index (κ3) is 2.02. The van der Waals surface area contributed by atoms with Gasteiger partial charge in [0.25, 0.3) is 0 Å². The minimum absolute atomic E-state index is 0.659. The first-order valence-electron chi connectivity index (χ1n) is 6.49. The third-order valence-corrected chi connectivity index (χ3v) is 4.43. The molecule has 0 amide bonds. The van der Waals surface area contributed by atoms with Crippen LogP contribution in [0.2, 0.25) is 0 Å². The van der Waals surface area contributed by atoms with E-state index in [9.17, 15) is 0 Å². The van der Waals surface area contributed by atoms with E-state index in [4.69, 9.17) is 0 Å². The zero-order valence-electron chi connectivity index (χ0n) is 10.6. The fourth-order valence-corrected chi connectivity index (χ4v) is 3.14. The molecule has 1 fully saturated rings. The van der Waals surface area contributed by atoms with Gasteiger partial charge in [0.05, 0.1) is 20.9 Å². The Morgan fingerprint density at radius 1 is 1.16 bits per heavy atom. The van der Waals surface area contributed by atoms with Crippen LogP contribution in [0.25, 0.3) is 21.5 Å². The highest BCUT2D eigenvalue weighted by Crippen LogP contribution is 2.39. The number of thiazole rings is 1. The molecule has 1 aromatic carbocycles. The van der Waals surface area contributed by atoms with Crippen LogP contribution in [-0.4, -0.2) is 15.0 Å². The van der Waals surface area contributed by atoms with Crippen molar-refractivity contribution in [2.45, 2.75) is 25.7 Å². The molecule has 1 saturated carbocycles. The molecule has 4 heteroatoms. The van der Waals surface area contributed by atoms with Crippen LogP contribution in [0.3, 0.4) is 0 Å². The van der Waals surface area contributed by atoms with E-state index in [1.807, 2.05) is 6.92 Å². The summed E-state index contributed by atoms with van der Waals surface area (Å²) in [7, 11) is 0. The van der Waals surface area contributed by atoms with Crippen molar-refractivity contribution in [2.75, 3.05) is 0 Å². The summed E-state index contributed by atoms with van der Waals surface area (Å²) in [5.41, 5.74) is 4.37. The first kappa shape index (κ1) is 11.1. The molecule has 0 spiro atoms. The van der Waals surface area contributed by atoms with Gasteiger partial charge in [0.15, 0.2) is 0 Å². The predicted molar refractivity (Wildman–Crippen MR) is 77.4 cm³/mol. The highest BCUT2D eigenvalue weighted by atomic mass is 32.1. The molecule has 94 valence electrons. The van der Waals surface area contributed by atoms with Crippen molar-refractivity contribution in [2.24, 2.45) is 0 Å². The molecule has 0 unspecified atom stereocenters. The van der Waals surface area contributed by atoms with Crippen LogP contribution in [-0.2, 0) is 0 Å². The van der Waals surface area contributed by atoms with E-state index >= 15 is 0 Å². The van der Waals surface area contributed by atoms with Gasteiger partial charge >= 0.3 is 0 Å². The molecule has 3 aromatic rings. The van der Waals surface area contributed by atoms with E-state index in [-0.39, 0.29) is 0 Å². The van der Waals surface area contributed by atoms with Gasteiger partial charge in [0, 0.05) is 17.2 Å². The molecular formula is C15H13N3S. The minimum Gasteiger partial charge on any atom is -0.241 e. The number of hydrogen-bond donors (Lipinski definition) is 0. The van der Waals surface area contributed by atoms with Gasteiger partial charge in [-0.05, 0) is 38.0 Å². The molecule has 19 heavy (non-hydrogen) atoms. The van der Waals surface area contributed by atoms with Crippen LogP contribution < -0.4 is 0 Å². The van der Waals surface area contributed by atoms with Gasteiger partial charge in [-0.15, -0.1) is 11.3 Å². The molecular weight excluding hydrogens is 254 g/mol. The molecule has 0 saturated heterocycles. The molecule has 1 aliphatic rings. The Morgan fingerprint density at radius 2 is 2.05 bits per heavy atom. The summed E-state index contributed by atoms with van der Waals surface area (Å²) >= 11 is 1.73. The van der Waals surface area contributed by atoms with Gasteiger partial charge in [-0.3, -0.25) is 0 Å². The average Bonchev–Trinajstić information content (AvgIpc) is 3.20. The third-order valence-electron chi connectivity index (χ3n) is 3.47. The summed E-state index contributed by atoms with van der Waals surface area (Å²) in [6.07, 6.45) is 4.21. The van der Waals surface area contributed by atoms with Crippen molar-refractivity contribution in [1.82, 2.24) is 15.0 Å². The Kier molecular flexibility index (Phi) is 2.38. The average molecular weight is 267 g/mol. The molecule has 0 radical (unpaired) electrons. The van der Waals surface area contributed by atoms with Gasteiger partial charge in [0.1, 0.15) is 6.33 Å². The number of hydrogen-bond acceptors (Lipinski definition) is 4. The second-order valence-electron chi connectivity index (χ2n) is 5.02. The smallest absolute Gasteiger partial charge is 0.116 e. The van der Waals surface area contributed by atoms with Gasteiger partial charge in [-0.25, -0.2) is 15.0 Å². The molecule has 0 atom stereocenters. The van der Waals surface area contributed by atoms with Crippen LogP contribution in [0, 0.1) is 6.92 Å². The van der Waals surface area contributed by atoms with Crippen molar-refractivity contribution in [1.29, 1.82) is 0 Å². The van der Waals surface area contributed by atoms with Crippen LogP contribution >= 0.6 is 11.3 Å². The van der Waals surface area contributed by atoms with Crippen molar-refractivity contribution in [3.05, 3.63) is 41.3 Å². The molecule has 4 rings (SSSR count). The number of nitrogens with zero attached hydrogens (tertiary/aromatic N) is 3. The quantitative estimate of drug-likeness (QED) is 0.706. The second-order valence-corrected chi connectivity index (χ2v) is 6.25. The standard InChI is InChI=1S/C15H13N3S/c1-9-18-14-6-11(4-5-15(14)19-9)13-7-12(10-2-3-10)16-8-17-13/h4-8,10H,2-3H2,1H3. The van der Waals surface area contributed by atoms with Gasteiger partial charge in [0.2, 0.25) is 0 Å². The molecule has 1 aliphatic carbocycles. The molecule has 0 bridgehead atoms. The lowest BCUT2D eigenvalue weighted by Crippen LogP contribution is -1.91. The van der Waals surface area contributed by atoms with Crippen molar-refractivity contribution >= 4 is 21.6 Å². The molecule has 3 nitrogen and oxygen atoms in total. The fourth-order valence-electron chi connectivity index (χ4n) is 2.33. The maximum absolute atomic E-state index is 4.54. The summed E-state index contributed by atoms with van der Waals surface area (Å²) in [5.74, 6) is 0.659. The Bertz CT molecular complexity index is 759. The number of rotatable bonds is 2. The number of benzene rings is 1.